The van der Waals surface area contributed by atoms with Crippen LogP contribution in [0.5, 0.6) is 11.5 Å². The molecular weight excluding hydrogens is 325 g/mol. The minimum absolute atomic E-state index is 0.235. The highest BCUT2D eigenvalue weighted by molar-refractivity contribution is 6.41. The Bertz CT molecular complexity index is 720. The molecule has 0 unspecified atom stereocenters. The summed E-state index contributed by atoms with van der Waals surface area (Å²) in [5.74, 6) is 1.08. The quantitative estimate of drug-likeness (QED) is 0.823. The predicted molar refractivity (Wildman–Crippen MR) is 89.7 cm³/mol. The van der Waals surface area contributed by atoms with E-state index < -0.39 is 0 Å². The van der Waals surface area contributed by atoms with Crippen LogP contribution in [0.25, 0.3) is 11.3 Å². The highest BCUT2D eigenvalue weighted by Crippen LogP contribution is 2.45. The average Bonchev–Trinajstić information content (AvgIpc) is 2.47. The molecule has 22 heavy (non-hydrogen) atoms. The molecule has 1 aromatic heterocycles. The van der Waals surface area contributed by atoms with E-state index in [9.17, 15) is 0 Å². The second-order valence-electron chi connectivity index (χ2n) is 4.54. The zero-order valence-electron chi connectivity index (χ0n) is 12.3. The molecule has 5 nitrogen and oxygen atoms in total. The molecule has 1 aromatic carbocycles. The van der Waals surface area contributed by atoms with Crippen molar-refractivity contribution in [3.63, 3.8) is 0 Å². The van der Waals surface area contributed by atoms with E-state index in [2.05, 4.69) is 4.98 Å². The van der Waals surface area contributed by atoms with Gasteiger partial charge in [-0.15, -0.1) is 0 Å². The Morgan fingerprint density at radius 2 is 1.68 bits per heavy atom. The predicted octanol–water partition coefficient (Wildman–Crippen LogP) is 4.04. The Morgan fingerprint density at radius 3 is 2.09 bits per heavy atom. The normalized spacial score (nSPS) is 10.4. The molecule has 0 radical (unpaired) electrons. The molecule has 0 aliphatic heterocycles. The van der Waals surface area contributed by atoms with Crippen molar-refractivity contribution in [1.82, 2.24) is 4.98 Å². The summed E-state index contributed by atoms with van der Waals surface area (Å²) in [5.41, 5.74) is 7.75. The molecule has 1 heterocycles. The number of benzene rings is 1. The number of hydrogen-bond acceptors (Lipinski definition) is 5. The molecule has 2 aromatic rings. The number of hydrogen-bond donors (Lipinski definition) is 2. The number of nitrogens with one attached hydrogen (secondary N) is 1. The molecule has 0 spiro atoms. The molecule has 0 bridgehead atoms. The maximum Gasteiger partial charge on any atom is 0.141 e. The summed E-state index contributed by atoms with van der Waals surface area (Å²) < 4.78 is 10.5. The van der Waals surface area contributed by atoms with Crippen LogP contribution in [0.4, 0.5) is 5.82 Å². The largest absolute Gasteiger partial charge is 0.495 e. The molecule has 116 valence electrons. The third-order valence-electron chi connectivity index (χ3n) is 3.16. The summed E-state index contributed by atoms with van der Waals surface area (Å²) in [6.07, 6.45) is 0. The first-order valence-corrected chi connectivity index (χ1v) is 7.08. The van der Waals surface area contributed by atoms with Crippen molar-refractivity contribution in [2.75, 3.05) is 20.0 Å². The van der Waals surface area contributed by atoms with Crippen LogP contribution in [0.15, 0.2) is 18.2 Å². The van der Waals surface area contributed by atoms with Crippen molar-refractivity contribution in [3.05, 3.63) is 33.8 Å². The van der Waals surface area contributed by atoms with E-state index in [1.807, 2.05) is 0 Å². The lowest BCUT2D eigenvalue weighted by molar-refractivity contribution is 0.395. The minimum Gasteiger partial charge on any atom is -0.495 e. The molecule has 0 atom stereocenters. The molecule has 0 aliphatic carbocycles. The zero-order chi connectivity index (χ0) is 16.4. The molecule has 0 aliphatic rings. The van der Waals surface area contributed by atoms with Gasteiger partial charge in [-0.2, -0.15) is 0 Å². The number of halogens is 2. The summed E-state index contributed by atoms with van der Waals surface area (Å²) in [5, 5.41) is 8.29. The number of rotatable bonds is 4. The molecule has 3 N–H and O–H groups in total. The van der Waals surface area contributed by atoms with Crippen LogP contribution >= 0.6 is 23.2 Å². The molecule has 0 saturated carbocycles. The molecule has 0 saturated heterocycles. The van der Waals surface area contributed by atoms with Crippen molar-refractivity contribution >= 4 is 34.7 Å². The van der Waals surface area contributed by atoms with E-state index >= 15 is 0 Å². The van der Waals surface area contributed by atoms with Crippen LogP contribution in [-0.4, -0.2) is 24.9 Å². The van der Waals surface area contributed by atoms with Crippen LogP contribution in [0.1, 0.15) is 12.5 Å². The van der Waals surface area contributed by atoms with Crippen molar-refractivity contribution in [2.45, 2.75) is 6.92 Å². The van der Waals surface area contributed by atoms with Crippen molar-refractivity contribution < 1.29 is 9.47 Å². The molecule has 2 rings (SSSR count). The third-order valence-corrected chi connectivity index (χ3v) is 3.91. The Hall–Kier alpha value is -1.98. The Balaban J connectivity index is 2.71. The number of anilines is 1. The number of ether oxygens (including phenoxy) is 2. The second kappa shape index (κ2) is 6.42. The van der Waals surface area contributed by atoms with E-state index in [4.69, 9.17) is 43.8 Å². The van der Waals surface area contributed by atoms with Gasteiger partial charge in [0.1, 0.15) is 17.3 Å². The monoisotopic (exact) mass is 339 g/mol. The van der Waals surface area contributed by atoms with Crippen LogP contribution < -0.4 is 15.2 Å². The SMILES string of the molecule is COc1cc(OC)c(Cl)c(-c2ccc(C(C)=N)c(N)n2)c1Cl. The van der Waals surface area contributed by atoms with Crippen molar-refractivity contribution in [2.24, 2.45) is 0 Å². The molecule has 0 fully saturated rings. The van der Waals surface area contributed by atoms with Crippen molar-refractivity contribution in [3.8, 4) is 22.8 Å². The van der Waals surface area contributed by atoms with Gasteiger partial charge < -0.3 is 20.6 Å². The summed E-state index contributed by atoms with van der Waals surface area (Å²) in [7, 11) is 3.00. The second-order valence-corrected chi connectivity index (χ2v) is 5.29. The smallest absolute Gasteiger partial charge is 0.141 e. The van der Waals surface area contributed by atoms with E-state index in [1.54, 1.807) is 25.1 Å². The minimum atomic E-state index is 0.235. The highest BCUT2D eigenvalue weighted by atomic mass is 35.5. The highest BCUT2D eigenvalue weighted by Gasteiger charge is 2.20. The van der Waals surface area contributed by atoms with E-state index in [0.717, 1.165) is 0 Å². The number of nitrogens with two attached hydrogens (primary N) is 1. The number of methoxy groups -OCH3 is 2. The topological polar surface area (TPSA) is 81.2 Å². The van der Waals surface area contributed by atoms with Gasteiger partial charge in [-0.05, 0) is 19.1 Å². The fourth-order valence-corrected chi connectivity index (χ4v) is 2.74. The first-order chi connectivity index (χ1) is 10.4. The lowest BCUT2D eigenvalue weighted by Crippen LogP contribution is -2.03. The number of pyridine rings is 1. The van der Waals surface area contributed by atoms with E-state index in [1.165, 1.54) is 14.2 Å². The van der Waals surface area contributed by atoms with Crippen LogP contribution in [-0.2, 0) is 0 Å². The van der Waals surface area contributed by atoms with Gasteiger partial charge in [0.15, 0.2) is 0 Å². The maximum absolute atomic E-state index is 7.65. The Kier molecular flexibility index (Phi) is 4.78. The molecule has 0 amide bonds. The van der Waals surface area contributed by atoms with Gasteiger partial charge in [0.05, 0.1) is 30.0 Å². The maximum atomic E-state index is 7.65. The summed E-state index contributed by atoms with van der Waals surface area (Å²) in [6.45, 7) is 1.64. The lowest BCUT2D eigenvalue weighted by Gasteiger charge is -2.15. The fourth-order valence-electron chi connectivity index (χ4n) is 2.04. The molecule has 7 heteroatoms. The number of nitrogen functional groups attached to an aromatic ring is 1. The van der Waals surface area contributed by atoms with Crippen LogP contribution in [0, 0.1) is 5.41 Å². The Morgan fingerprint density at radius 1 is 1.14 bits per heavy atom. The van der Waals surface area contributed by atoms with Crippen LogP contribution in [0.2, 0.25) is 10.0 Å². The summed E-state index contributed by atoms with van der Waals surface area (Å²) in [6, 6.07) is 5.02. The Labute approximate surface area is 138 Å². The first-order valence-electron chi connectivity index (χ1n) is 6.33. The van der Waals surface area contributed by atoms with E-state index in [0.29, 0.717) is 44.1 Å². The van der Waals surface area contributed by atoms with Crippen LogP contribution in [0.3, 0.4) is 0 Å². The van der Waals surface area contributed by atoms with Crippen molar-refractivity contribution in [1.29, 1.82) is 5.41 Å². The fraction of sp³-hybridized carbons (Fsp3) is 0.200. The molecular formula is C15H15Cl2N3O2. The van der Waals surface area contributed by atoms with Gasteiger partial charge in [0.25, 0.3) is 0 Å². The lowest BCUT2D eigenvalue weighted by atomic mass is 10.1. The van der Waals surface area contributed by atoms with Gasteiger partial charge >= 0.3 is 0 Å². The van der Waals surface area contributed by atoms with E-state index in [-0.39, 0.29) is 5.82 Å². The standard InChI is InChI=1S/C15H15Cl2N3O2/c1-7(18)8-4-5-9(20-15(8)19)12-13(16)10(21-2)6-11(22-3)14(12)17/h4-6,18H,1-3H3,(H2,19,20). The van der Waals surface area contributed by atoms with Gasteiger partial charge in [-0.1, -0.05) is 23.2 Å². The number of nitrogens with zero attached hydrogens (tertiary/aromatic N) is 1. The first kappa shape index (κ1) is 16.4. The average molecular weight is 340 g/mol. The van der Waals surface area contributed by atoms with Gasteiger partial charge in [0.2, 0.25) is 0 Å². The van der Waals surface area contributed by atoms with Gasteiger partial charge in [0, 0.05) is 22.9 Å². The van der Waals surface area contributed by atoms with Gasteiger partial charge in [-0.25, -0.2) is 4.98 Å². The third kappa shape index (κ3) is 2.82. The number of aromatic nitrogens is 1. The zero-order valence-corrected chi connectivity index (χ0v) is 13.8. The summed E-state index contributed by atoms with van der Waals surface area (Å²) >= 11 is 12.7. The van der Waals surface area contributed by atoms with Gasteiger partial charge in [-0.3, -0.25) is 0 Å². The summed E-state index contributed by atoms with van der Waals surface area (Å²) in [4.78, 5) is 4.29.